The van der Waals surface area contributed by atoms with E-state index >= 15 is 0 Å². The van der Waals surface area contributed by atoms with Crippen molar-refractivity contribution >= 4 is 5.82 Å². The molecule has 1 aromatic heterocycles. The van der Waals surface area contributed by atoms with Crippen molar-refractivity contribution in [1.82, 2.24) is 15.1 Å². The molecule has 0 spiro atoms. The van der Waals surface area contributed by atoms with Gasteiger partial charge in [0.2, 0.25) is 0 Å². The highest BCUT2D eigenvalue weighted by atomic mass is 19.2. The first kappa shape index (κ1) is 22.6. The molecule has 1 unspecified atom stereocenters. The van der Waals surface area contributed by atoms with Crippen molar-refractivity contribution in [3.63, 3.8) is 0 Å². The summed E-state index contributed by atoms with van der Waals surface area (Å²) in [4.78, 5) is 2.68. The summed E-state index contributed by atoms with van der Waals surface area (Å²) in [5, 5.41) is 11.6. The number of hydrogen-bond acceptors (Lipinski definition) is 5. The van der Waals surface area contributed by atoms with Gasteiger partial charge < -0.3 is 10.1 Å². The van der Waals surface area contributed by atoms with E-state index in [0.717, 1.165) is 58.1 Å². The normalized spacial score (nSPS) is 28.0. The van der Waals surface area contributed by atoms with Gasteiger partial charge in [0.15, 0.2) is 11.6 Å². The molecule has 5 nitrogen and oxygen atoms in total. The number of aromatic nitrogens is 2. The van der Waals surface area contributed by atoms with Crippen molar-refractivity contribution in [2.24, 2.45) is 17.3 Å². The molecule has 4 atom stereocenters. The van der Waals surface area contributed by atoms with E-state index in [1.807, 2.05) is 0 Å². The Bertz CT molecular complexity index is 982. The lowest BCUT2D eigenvalue weighted by atomic mass is 9.75. The highest BCUT2D eigenvalue weighted by Crippen LogP contribution is 2.44. The first-order chi connectivity index (χ1) is 15.8. The van der Waals surface area contributed by atoms with Crippen molar-refractivity contribution in [3.05, 3.63) is 41.7 Å². The number of hydrogen-bond donors (Lipinski definition) is 1. The van der Waals surface area contributed by atoms with Gasteiger partial charge in [0.25, 0.3) is 0 Å². The topological polar surface area (TPSA) is 50.3 Å². The van der Waals surface area contributed by atoms with Crippen LogP contribution in [0.3, 0.4) is 0 Å². The lowest BCUT2D eigenvalue weighted by Gasteiger charge is -2.43. The Labute approximate surface area is 192 Å². The van der Waals surface area contributed by atoms with Crippen LogP contribution in [0.2, 0.25) is 0 Å². The minimum Gasteiger partial charge on any atom is -0.381 e. The molecule has 5 rings (SSSR count). The summed E-state index contributed by atoms with van der Waals surface area (Å²) in [6.07, 6.45) is 4.43. The number of rotatable bonds is 5. The van der Waals surface area contributed by atoms with E-state index < -0.39 is 17.5 Å². The quantitative estimate of drug-likeness (QED) is 0.644. The van der Waals surface area contributed by atoms with Crippen LogP contribution in [-0.2, 0) is 4.74 Å². The van der Waals surface area contributed by atoms with E-state index in [9.17, 15) is 13.2 Å². The molecule has 0 radical (unpaired) electrons. The standard InChI is InChI=1S/C25H31F3N4O/c1-15(25(2)5-7-33-8-6-25)32-13-16-9-19(10-17(16)14-32)29-23-4-3-22(30-31-23)20-11-18(26)12-21(27)24(20)28/h3-4,11-12,15-17,19H,5-10,13-14H2,1-2H3,(H,29,31)/t15?,16-,17+,19+. The highest BCUT2D eigenvalue weighted by Gasteiger charge is 2.45. The molecule has 0 amide bonds. The molecule has 2 saturated heterocycles. The van der Waals surface area contributed by atoms with E-state index in [-0.39, 0.29) is 11.3 Å². The Balaban J connectivity index is 1.18. The van der Waals surface area contributed by atoms with Crippen LogP contribution in [0.4, 0.5) is 19.0 Å². The number of nitrogens with one attached hydrogen (secondary N) is 1. The van der Waals surface area contributed by atoms with Crippen LogP contribution in [0.1, 0.15) is 39.5 Å². The van der Waals surface area contributed by atoms with Crippen molar-refractivity contribution in [1.29, 1.82) is 0 Å². The molecule has 178 valence electrons. The zero-order chi connectivity index (χ0) is 23.2. The van der Waals surface area contributed by atoms with Gasteiger partial charge in [0.05, 0.1) is 5.69 Å². The van der Waals surface area contributed by atoms with Crippen LogP contribution >= 0.6 is 0 Å². The SMILES string of the molecule is CC(N1C[C@H]2C[C@H](Nc3ccc(-c4cc(F)cc(F)c4F)nn3)C[C@H]2C1)C1(C)CCOCC1. The average molecular weight is 461 g/mol. The third-order valence-electron chi connectivity index (χ3n) is 8.26. The van der Waals surface area contributed by atoms with E-state index in [0.29, 0.717) is 41.2 Å². The molecule has 3 fully saturated rings. The Morgan fingerprint density at radius 1 is 1.06 bits per heavy atom. The Morgan fingerprint density at radius 2 is 1.76 bits per heavy atom. The monoisotopic (exact) mass is 460 g/mol. The molecule has 33 heavy (non-hydrogen) atoms. The third kappa shape index (κ3) is 4.47. The van der Waals surface area contributed by atoms with E-state index in [1.165, 1.54) is 0 Å². The number of fused-ring (bicyclic) bond motifs is 1. The molecule has 2 aromatic rings. The van der Waals surface area contributed by atoms with Crippen LogP contribution in [0.5, 0.6) is 0 Å². The van der Waals surface area contributed by atoms with Gasteiger partial charge in [-0.05, 0) is 68.1 Å². The highest BCUT2D eigenvalue weighted by molar-refractivity contribution is 5.60. The molecule has 1 N–H and O–H groups in total. The van der Waals surface area contributed by atoms with Gasteiger partial charge in [0.1, 0.15) is 11.6 Å². The summed E-state index contributed by atoms with van der Waals surface area (Å²) >= 11 is 0. The van der Waals surface area contributed by atoms with E-state index in [2.05, 4.69) is 34.3 Å². The molecule has 3 heterocycles. The number of ether oxygens (including phenoxy) is 1. The Kier molecular flexibility index (Phi) is 6.07. The molecule has 1 aliphatic carbocycles. The van der Waals surface area contributed by atoms with Gasteiger partial charge in [-0.25, -0.2) is 13.2 Å². The van der Waals surface area contributed by atoms with Crippen LogP contribution in [0.15, 0.2) is 24.3 Å². The fourth-order valence-corrected chi connectivity index (χ4v) is 5.97. The minimum atomic E-state index is -1.24. The van der Waals surface area contributed by atoms with Crippen molar-refractivity contribution in [2.75, 3.05) is 31.6 Å². The molecule has 3 aliphatic rings. The van der Waals surface area contributed by atoms with Gasteiger partial charge in [-0.2, -0.15) is 0 Å². The summed E-state index contributed by atoms with van der Waals surface area (Å²) in [6, 6.07) is 5.57. The lowest BCUT2D eigenvalue weighted by molar-refractivity contribution is -0.0207. The number of halogens is 3. The lowest BCUT2D eigenvalue weighted by Crippen LogP contribution is -2.47. The largest absolute Gasteiger partial charge is 0.381 e. The molecule has 8 heteroatoms. The molecule has 2 aliphatic heterocycles. The Hall–Kier alpha value is -2.19. The van der Waals surface area contributed by atoms with Crippen molar-refractivity contribution in [2.45, 2.75) is 51.6 Å². The van der Waals surface area contributed by atoms with Crippen LogP contribution in [0, 0.1) is 34.7 Å². The fraction of sp³-hybridized carbons (Fsp3) is 0.600. The second kappa shape index (κ2) is 8.87. The fourth-order valence-electron chi connectivity index (χ4n) is 5.97. The second-order valence-corrected chi connectivity index (χ2v) is 10.3. The molecule has 1 saturated carbocycles. The predicted octanol–water partition coefficient (Wildman–Crippen LogP) is 4.89. The zero-order valence-electron chi connectivity index (χ0n) is 19.2. The molecular weight excluding hydrogens is 429 g/mol. The van der Waals surface area contributed by atoms with Crippen LogP contribution < -0.4 is 5.32 Å². The van der Waals surface area contributed by atoms with Crippen LogP contribution in [-0.4, -0.2) is 53.5 Å². The minimum absolute atomic E-state index is 0.103. The summed E-state index contributed by atoms with van der Waals surface area (Å²) < 4.78 is 46.6. The molecule has 1 aromatic carbocycles. The number of likely N-dealkylation sites (tertiary alicyclic amines) is 1. The van der Waals surface area contributed by atoms with E-state index in [4.69, 9.17) is 4.74 Å². The summed E-state index contributed by atoms with van der Waals surface area (Å²) in [6.45, 7) is 8.80. The zero-order valence-corrected chi connectivity index (χ0v) is 19.2. The van der Waals surface area contributed by atoms with Crippen molar-refractivity contribution in [3.8, 4) is 11.3 Å². The third-order valence-corrected chi connectivity index (χ3v) is 8.26. The average Bonchev–Trinajstić information content (AvgIpc) is 3.35. The number of nitrogens with zero attached hydrogens (tertiary/aromatic N) is 3. The summed E-state index contributed by atoms with van der Waals surface area (Å²) in [7, 11) is 0. The first-order valence-corrected chi connectivity index (χ1v) is 11.9. The maximum atomic E-state index is 14.0. The van der Waals surface area contributed by atoms with Gasteiger partial charge in [0, 0.05) is 50.0 Å². The number of anilines is 1. The number of benzene rings is 1. The smallest absolute Gasteiger partial charge is 0.168 e. The van der Waals surface area contributed by atoms with Gasteiger partial charge in [-0.15, -0.1) is 10.2 Å². The predicted molar refractivity (Wildman–Crippen MR) is 120 cm³/mol. The van der Waals surface area contributed by atoms with Gasteiger partial charge in [-0.3, -0.25) is 4.90 Å². The van der Waals surface area contributed by atoms with Gasteiger partial charge >= 0.3 is 0 Å². The Morgan fingerprint density at radius 3 is 2.39 bits per heavy atom. The second-order valence-electron chi connectivity index (χ2n) is 10.3. The molecule has 0 bridgehead atoms. The first-order valence-electron chi connectivity index (χ1n) is 11.9. The summed E-state index contributed by atoms with van der Waals surface area (Å²) in [5.41, 5.74) is 0.205. The van der Waals surface area contributed by atoms with E-state index in [1.54, 1.807) is 12.1 Å². The maximum Gasteiger partial charge on any atom is 0.168 e. The maximum absolute atomic E-state index is 14.0. The van der Waals surface area contributed by atoms with Crippen molar-refractivity contribution < 1.29 is 17.9 Å². The van der Waals surface area contributed by atoms with Crippen LogP contribution in [0.25, 0.3) is 11.3 Å². The molecular formula is C25H31F3N4O. The van der Waals surface area contributed by atoms with Gasteiger partial charge in [-0.1, -0.05) is 6.92 Å². The summed E-state index contributed by atoms with van der Waals surface area (Å²) in [5.74, 6) is -1.26.